The molecule has 1 aliphatic heterocycles. The zero-order valence-corrected chi connectivity index (χ0v) is 23.9. The van der Waals surface area contributed by atoms with Gasteiger partial charge in [0, 0.05) is 42.0 Å². The standard InChI is InChI=1S/C30H32N6O3S/c1-19-8-9-20(12-27(19)40(4,38)39)29(37)32-16-23-13-26-21(15-31-23)10-11-25(33-26)24-6-5-7-28(34-24)36-17-22-14-30(22,18-36)35(2)3/h5-13,15,22H,14,16-18H2,1-4H3,(H,32,37)/t22?,30-/m0/s1. The van der Waals surface area contributed by atoms with E-state index in [1.54, 1.807) is 25.3 Å². The third kappa shape index (κ3) is 4.82. The highest BCUT2D eigenvalue weighted by atomic mass is 32.2. The quantitative estimate of drug-likeness (QED) is 0.369. The molecule has 10 heteroatoms. The molecule has 2 aliphatic rings. The zero-order valence-electron chi connectivity index (χ0n) is 23.0. The maximum Gasteiger partial charge on any atom is 0.251 e. The summed E-state index contributed by atoms with van der Waals surface area (Å²) >= 11 is 0. The second-order valence-corrected chi connectivity index (χ2v) is 13.1. The molecule has 1 amide bonds. The van der Waals surface area contributed by atoms with Crippen molar-refractivity contribution in [3.8, 4) is 11.4 Å². The van der Waals surface area contributed by atoms with Gasteiger partial charge in [0.2, 0.25) is 0 Å². The molecule has 2 atom stereocenters. The molecule has 1 N–H and O–H groups in total. The molecule has 4 heterocycles. The molecule has 0 bridgehead atoms. The van der Waals surface area contributed by atoms with Gasteiger partial charge in [-0.3, -0.25) is 9.78 Å². The molecule has 2 fully saturated rings. The molecule has 40 heavy (non-hydrogen) atoms. The second kappa shape index (κ2) is 9.64. The number of benzene rings is 1. The SMILES string of the molecule is Cc1ccc(C(=O)NCc2cc3nc(-c4cccc(N5CC6C[C@]6(N(C)C)C5)n4)ccc3cn2)cc1S(C)(=O)=O. The van der Waals surface area contributed by atoms with E-state index in [9.17, 15) is 13.2 Å². The van der Waals surface area contributed by atoms with E-state index in [0.717, 1.165) is 47.5 Å². The number of hydrogen-bond acceptors (Lipinski definition) is 8. The van der Waals surface area contributed by atoms with Crippen LogP contribution in [0.5, 0.6) is 0 Å². The van der Waals surface area contributed by atoms with Gasteiger partial charge >= 0.3 is 0 Å². The fraction of sp³-hybridized carbons (Fsp3) is 0.333. The van der Waals surface area contributed by atoms with Gasteiger partial charge in [0.15, 0.2) is 9.84 Å². The predicted molar refractivity (Wildman–Crippen MR) is 155 cm³/mol. The number of sulfone groups is 1. The van der Waals surface area contributed by atoms with Crippen molar-refractivity contribution in [3.63, 3.8) is 0 Å². The van der Waals surface area contributed by atoms with Crippen LogP contribution in [0.25, 0.3) is 22.3 Å². The number of carbonyl (C=O) groups excluding carboxylic acids is 1. The first kappa shape index (κ1) is 26.3. The minimum atomic E-state index is -3.43. The number of piperidine rings is 1. The predicted octanol–water partition coefficient (Wildman–Crippen LogP) is 3.47. The van der Waals surface area contributed by atoms with Crippen LogP contribution in [0, 0.1) is 12.8 Å². The lowest BCUT2D eigenvalue weighted by molar-refractivity contribution is 0.0950. The third-order valence-corrected chi connectivity index (χ3v) is 9.47. The molecular formula is C30H32N6O3S. The van der Waals surface area contributed by atoms with E-state index in [1.807, 2.05) is 30.3 Å². The Morgan fingerprint density at radius 2 is 1.90 bits per heavy atom. The van der Waals surface area contributed by atoms with Gasteiger partial charge in [-0.05, 0) is 81.4 Å². The number of fused-ring (bicyclic) bond motifs is 2. The van der Waals surface area contributed by atoms with Crippen LogP contribution < -0.4 is 10.2 Å². The molecule has 0 radical (unpaired) electrons. The summed E-state index contributed by atoms with van der Waals surface area (Å²) in [5, 5.41) is 3.72. The molecular weight excluding hydrogens is 524 g/mol. The third-order valence-electron chi connectivity index (χ3n) is 8.23. The average molecular weight is 557 g/mol. The number of rotatable bonds is 7. The van der Waals surface area contributed by atoms with Crippen LogP contribution in [0.15, 0.2) is 65.7 Å². The first-order chi connectivity index (χ1) is 19.0. The molecule has 206 valence electrons. The monoisotopic (exact) mass is 556 g/mol. The van der Waals surface area contributed by atoms with Gasteiger partial charge < -0.3 is 15.1 Å². The summed E-state index contributed by atoms with van der Waals surface area (Å²) in [5.41, 5.74) is 4.16. The number of hydrogen-bond donors (Lipinski definition) is 1. The van der Waals surface area contributed by atoms with Crippen molar-refractivity contribution in [2.24, 2.45) is 5.92 Å². The number of aryl methyl sites for hydroxylation is 1. The largest absolute Gasteiger partial charge is 0.354 e. The number of carbonyl (C=O) groups is 1. The Kier molecular flexibility index (Phi) is 6.35. The van der Waals surface area contributed by atoms with E-state index in [-0.39, 0.29) is 28.4 Å². The first-order valence-electron chi connectivity index (χ1n) is 13.3. The van der Waals surface area contributed by atoms with E-state index >= 15 is 0 Å². The van der Waals surface area contributed by atoms with Crippen molar-refractivity contribution in [1.82, 2.24) is 25.2 Å². The Bertz CT molecular complexity index is 1760. The zero-order chi connectivity index (χ0) is 28.2. The summed E-state index contributed by atoms with van der Waals surface area (Å²) in [6, 6.07) is 16.5. The van der Waals surface area contributed by atoms with E-state index in [4.69, 9.17) is 9.97 Å². The Morgan fingerprint density at radius 1 is 1.10 bits per heavy atom. The van der Waals surface area contributed by atoms with Crippen LogP contribution in [0.1, 0.15) is 28.0 Å². The first-order valence-corrected chi connectivity index (χ1v) is 15.2. The maximum absolute atomic E-state index is 12.8. The van der Waals surface area contributed by atoms with Gasteiger partial charge in [-0.15, -0.1) is 0 Å². The van der Waals surface area contributed by atoms with E-state index < -0.39 is 9.84 Å². The van der Waals surface area contributed by atoms with Gasteiger partial charge in [-0.25, -0.2) is 18.4 Å². The van der Waals surface area contributed by atoms with E-state index in [1.165, 1.54) is 12.5 Å². The summed E-state index contributed by atoms with van der Waals surface area (Å²) in [6.45, 7) is 3.91. The molecule has 1 saturated heterocycles. The van der Waals surface area contributed by atoms with Gasteiger partial charge in [0.1, 0.15) is 5.82 Å². The van der Waals surface area contributed by atoms with Crippen LogP contribution in [0.2, 0.25) is 0 Å². The normalized spacial score (nSPS) is 20.1. The highest BCUT2D eigenvalue weighted by molar-refractivity contribution is 7.90. The Morgan fingerprint density at radius 3 is 2.65 bits per heavy atom. The van der Waals surface area contributed by atoms with E-state index in [2.05, 4.69) is 40.3 Å². The molecule has 6 rings (SSSR count). The molecule has 1 aromatic carbocycles. The van der Waals surface area contributed by atoms with Gasteiger partial charge in [0.25, 0.3) is 5.91 Å². The van der Waals surface area contributed by atoms with Crippen molar-refractivity contribution < 1.29 is 13.2 Å². The summed E-state index contributed by atoms with van der Waals surface area (Å²) < 4.78 is 24.1. The summed E-state index contributed by atoms with van der Waals surface area (Å²) in [5.74, 6) is 1.30. The molecule has 3 aromatic heterocycles. The van der Waals surface area contributed by atoms with Crippen molar-refractivity contribution in [2.45, 2.75) is 30.3 Å². The lowest BCUT2D eigenvalue weighted by Gasteiger charge is -2.26. The Labute approximate surface area is 234 Å². The number of amides is 1. The van der Waals surface area contributed by atoms with Gasteiger partial charge in [0.05, 0.1) is 34.0 Å². The molecule has 0 spiro atoms. The van der Waals surface area contributed by atoms with Crippen LogP contribution in [0.4, 0.5) is 5.82 Å². The maximum atomic E-state index is 12.8. The molecule has 9 nitrogen and oxygen atoms in total. The molecule has 4 aromatic rings. The van der Waals surface area contributed by atoms with Crippen molar-refractivity contribution >= 4 is 32.5 Å². The minimum absolute atomic E-state index is 0.150. The summed E-state index contributed by atoms with van der Waals surface area (Å²) in [4.78, 5) is 31.9. The fourth-order valence-electron chi connectivity index (χ4n) is 5.77. The van der Waals surface area contributed by atoms with Crippen LogP contribution in [-0.4, -0.2) is 73.2 Å². The number of pyridine rings is 3. The van der Waals surface area contributed by atoms with Crippen molar-refractivity contribution in [3.05, 3.63) is 77.6 Å². The summed E-state index contributed by atoms with van der Waals surface area (Å²) in [6.07, 6.45) is 4.13. The molecule has 1 aliphatic carbocycles. The summed E-state index contributed by atoms with van der Waals surface area (Å²) in [7, 11) is 0.897. The van der Waals surface area contributed by atoms with Crippen molar-refractivity contribution in [1.29, 1.82) is 0 Å². The Balaban J connectivity index is 1.19. The number of aromatic nitrogens is 3. The van der Waals surface area contributed by atoms with Crippen molar-refractivity contribution in [2.75, 3.05) is 38.3 Å². The Hall–Kier alpha value is -3.89. The second-order valence-electron chi connectivity index (χ2n) is 11.2. The average Bonchev–Trinajstić information content (AvgIpc) is 3.51. The fourth-order valence-corrected chi connectivity index (χ4v) is 6.77. The van der Waals surface area contributed by atoms with Gasteiger partial charge in [-0.2, -0.15) is 0 Å². The number of anilines is 1. The number of likely N-dealkylation sites (N-methyl/N-ethyl adjacent to an activating group) is 1. The minimum Gasteiger partial charge on any atom is -0.354 e. The topological polar surface area (TPSA) is 108 Å². The molecule has 1 unspecified atom stereocenters. The van der Waals surface area contributed by atoms with Crippen LogP contribution in [0.3, 0.4) is 0 Å². The smallest absolute Gasteiger partial charge is 0.251 e. The lowest BCUT2D eigenvalue weighted by Crippen LogP contribution is -2.37. The molecule has 1 saturated carbocycles. The van der Waals surface area contributed by atoms with Crippen LogP contribution in [-0.2, 0) is 16.4 Å². The van der Waals surface area contributed by atoms with Crippen LogP contribution >= 0.6 is 0 Å². The highest BCUT2D eigenvalue weighted by Gasteiger charge is 2.61. The van der Waals surface area contributed by atoms with E-state index in [0.29, 0.717) is 17.2 Å². The lowest BCUT2D eigenvalue weighted by atomic mass is 10.1. The van der Waals surface area contributed by atoms with Gasteiger partial charge in [-0.1, -0.05) is 12.1 Å². The number of nitrogens with zero attached hydrogens (tertiary/aromatic N) is 5. The highest BCUT2D eigenvalue weighted by Crippen LogP contribution is 2.53. The number of nitrogens with one attached hydrogen (secondary N) is 1.